The number of rotatable bonds is 5. The lowest BCUT2D eigenvalue weighted by molar-refractivity contribution is -0.141. The molecule has 2 rings (SSSR count). The van der Waals surface area contributed by atoms with E-state index in [-0.39, 0.29) is 30.0 Å². The van der Waals surface area contributed by atoms with Crippen LogP contribution in [0.4, 0.5) is 0 Å². The fourth-order valence-electron chi connectivity index (χ4n) is 2.76. The normalized spacial score (nSPS) is 23.5. The van der Waals surface area contributed by atoms with Crippen LogP contribution in [0.5, 0.6) is 0 Å². The van der Waals surface area contributed by atoms with Crippen molar-refractivity contribution in [3.8, 4) is 0 Å². The van der Waals surface area contributed by atoms with E-state index in [0.717, 1.165) is 31.9 Å². The largest absolute Gasteiger partial charge is 0.353 e. The Bertz CT molecular complexity index is 500. The smallest absolute Gasteiger partial charge is 0.243 e. The van der Waals surface area contributed by atoms with E-state index >= 15 is 0 Å². The maximum Gasteiger partial charge on any atom is 0.243 e. The zero-order valence-corrected chi connectivity index (χ0v) is 13.8. The van der Waals surface area contributed by atoms with Gasteiger partial charge in [0.05, 0.1) is 11.6 Å². The van der Waals surface area contributed by atoms with Crippen LogP contribution in [-0.4, -0.2) is 61.4 Å². The summed E-state index contributed by atoms with van der Waals surface area (Å²) in [6.07, 6.45) is 5.15. The van der Waals surface area contributed by atoms with Crippen molar-refractivity contribution >= 4 is 33.4 Å². The standard InChI is InChI=1S/C13H22N2O4S2/c1-21(18,19)7-6-14-12(16)11-8-20-9-15(11)13(17)10-4-2-3-5-10/h10-11H,2-9H2,1H3,(H,14,16)/t11-/m1/s1. The zero-order chi connectivity index (χ0) is 15.5. The number of thioether (sulfide) groups is 1. The van der Waals surface area contributed by atoms with Gasteiger partial charge in [0.25, 0.3) is 0 Å². The van der Waals surface area contributed by atoms with Gasteiger partial charge >= 0.3 is 0 Å². The molecule has 1 N–H and O–H groups in total. The Morgan fingerprint density at radius 3 is 2.57 bits per heavy atom. The van der Waals surface area contributed by atoms with Crippen LogP contribution >= 0.6 is 11.8 Å². The molecule has 0 radical (unpaired) electrons. The van der Waals surface area contributed by atoms with Gasteiger partial charge in [-0.1, -0.05) is 12.8 Å². The molecule has 8 heteroatoms. The molecule has 1 aliphatic carbocycles. The molecular weight excluding hydrogens is 312 g/mol. The van der Waals surface area contributed by atoms with Gasteiger partial charge in [-0.25, -0.2) is 8.42 Å². The molecule has 2 aliphatic rings. The molecule has 2 fully saturated rings. The highest BCUT2D eigenvalue weighted by molar-refractivity contribution is 7.99. The first kappa shape index (κ1) is 16.6. The molecule has 120 valence electrons. The van der Waals surface area contributed by atoms with E-state index in [0.29, 0.717) is 11.6 Å². The zero-order valence-electron chi connectivity index (χ0n) is 12.2. The van der Waals surface area contributed by atoms with Crippen molar-refractivity contribution in [2.24, 2.45) is 5.92 Å². The van der Waals surface area contributed by atoms with Gasteiger partial charge in [0, 0.05) is 24.5 Å². The monoisotopic (exact) mass is 334 g/mol. The predicted molar refractivity (Wildman–Crippen MR) is 82.6 cm³/mol. The van der Waals surface area contributed by atoms with Gasteiger partial charge in [-0.15, -0.1) is 11.8 Å². The molecule has 1 saturated heterocycles. The Hall–Kier alpha value is -0.760. The third-order valence-corrected chi connectivity index (χ3v) is 5.90. The van der Waals surface area contributed by atoms with Gasteiger partial charge in [0.15, 0.2) is 0 Å². The lowest BCUT2D eigenvalue weighted by Gasteiger charge is -2.25. The highest BCUT2D eigenvalue weighted by Crippen LogP contribution is 2.30. The molecular formula is C13H22N2O4S2. The molecule has 0 bridgehead atoms. The van der Waals surface area contributed by atoms with Gasteiger partial charge in [0.1, 0.15) is 15.9 Å². The van der Waals surface area contributed by atoms with E-state index < -0.39 is 15.9 Å². The average molecular weight is 334 g/mol. The predicted octanol–water partition coefficient (Wildman–Crippen LogP) is 0.239. The second kappa shape index (κ2) is 7.00. The SMILES string of the molecule is CS(=O)(=O)CCNC(=O)[C@H]1CSCN1C(=O)C1CCCC1. The minimum atomic E-state index is -3.09. The topological polar surface area (TPSA) is 83.6 Å². The molecule has 0 unspecified atom stereocenters. The summed E-state index contributed by atoms with van der Waals surface area (Å²) in [5.41, 5.74) is 0. The van der Waals surface area contributed by atoms with Crippen molar-refractivity contribution in [2.45, 2.75) is 31.7 Å². The van der Waals surface area contributed by atoms with Crippen LogP contribution in [-0.2, 0) is 19.4 Å². The van der Waals surface area contributed by atoms with Crippen LogP contribution in [0, 0.1) is 5.92 Å². The van der Waals surface area contributed by atoms with Crippen molar-refractivity contribution in [1.29, 1.82) is 0 Å². The second-order valence-electron chi connectivity index (χ2n) is 5.73. The lowest BCUT2D eigenvalue weighted by atomic mass is 10.1. The van der Waals surface area contributed by atoms with E-state index in [1.165, 1.54) is 0 Å². The first-order valence-corrected chi connectivity index (χ1v) is 10.4. The molecule has 0 spiro atoms. The third-order valence-electron chi connectivity index (χ3n) is 3.94. The molecule has 2 amide bonds. The van der Waals surface area contributed by atoms with E-state index in [2.05, 4.69) is 5.32 Å². The summed E-state index contributed by atoms with van der Waals surface area (Å²) in [5, 5.41) is 2.63. The Morgan fingerprint density at radius 1 is 1.29 bits per heavy atom. The quantitative estimate of drug-likeness (QED) is 0.779. The van der Waals surface area contributed by atoms with Gasteiger partial charge in [-0.05, 0) is 12.8 Å². The van der Waals surface area contributed by atoms with Crippen molar-refractivity contribution in [1.82, 2.24) is 10.2 Å². The van der Waals surface area contributed by atoms with Crippen LogP contribution in [0.1, 0.15) is 25.7 Å². The number of carbonyl (C=O) groups is 2. The van der Waals surface area contributed by atoms with E-state index in [4.69, 9.17) is 0 Å². The number of nitrogens with zero attached hydrogens (tertiary/aromatic N) is 1. The van der Waals surface area contributed by atoms with Gasteiger partial charge in [-0.3, -0.25) is 9.59 Å². The molecule has 6 nitrogen and oxygen atoms in total. The van der Waals surface area contributed by atoms with Gasteiger partial charge in [0.2, 0.25) is 11.8 Å². The molecule has 1 atom stereocenters. The van der Waals surface area contributed by atoms with E-state index in [9.17, 15) is 18.0 Å². The lowest BCUT2D eigenvalue weighted by Crippen LogP contribution is -2.49. The number of sulfone groups is 1. The van der Waals surface area contributed by atoms with E-state index in [1.54, 1.807) is 16.7 Å². The molecule has 21 heavy (non-hydrogen) atoms. The summed E-state index contributed by atoms with van der Waals surface area (Å²) < 4.78 is 22.1. The van der Waals surface area contributed by atoms with Crippen LogP contribution in [0.25, 0.3) is 0 Å². The number of carbonyl (C=O) groups excluding carboxylic acids is 2. The summed E-state index contributed by atoms with van der Waals surface area (Å²) in [4.78, 5) is 26.2. The second-order valence-corrected chi connectivity index (χ2v) is 8.99. The highest BCUT2D eigenvalue weighted by atomic mass is 32.2. The molecule has 1 heterocycles. The maximum atomic E-state index is 12.4. The minimum absolute atomic E-state index is 0.0648. The maximum absolute atomic E-state index is 12.4. The molecule has 1 aliphatic heterocycles. The summed E-state index contributed by atoms with van der Waals surface area (Å²) in [7, 11) is -3.09. The van der Waals surface area contributed by atoms with Crippen LogP contribution < -0.4 is 5.32 Å². The Labute approximate surface area is 129 Å². The van der Waals surface area contributed by atoms with Crippen molar-refractivity contribution < 1.29 is 18.0 Å². The van der Waals surface area contributed by atoms with E-state index in [1.807, 2.05) is 0 Å². The first-order chi connectivity index (χ1) is 9.88. The van der Waals surface area contributed by atoms with Crippen LogP contribution in [0.3, 0.4) is 0 Å². The fraction of sp³-hybridized carbons (Fsp3) is 0.846. The molecule has 1 saturated carbocycles. The fourth-order valence-corrected chi connectivity index (χ4v) is 4.40. The third kappa shape index (κ3) is 4.60. The molecule has 0 aromatic rings. The molecule has 0 aromatic heterocycles. The van der Waals surface area contributed by atoms with Gasteiger partial charge < -0.3 is 10.2 Å². The Kier molecular flexibility index (Phi) is 5.54. The highest BCUT2D eigenvalue weighted by Gasteiger charge is 2.38. The van der Waals surface area contributed by atoms with Gasteiger partial charge in [-0.2, -0.15) is 0 Å². The Balaban J connectivity index is 1.88. The molecule has 0 aromatic carbocycles. The first-order valence-electron chi connectivity index (χ1n) is 7.22. The summed E-state index contributed by atoms with van der Waals surface area (Å²) in [6, 6.07) is -0.456. The number of hydrogen-bond donors (Lipinski definition) is 1. The Morgan fingerprint density at radius 2 is 1.95 bits per heavy atom. The van der Waals surface area contributed by atoms with Crippen molar-refractivity contribution in [3.63, 3.8) is 0 Å². The van der Waals surface area contributed by atoms with Crippen molar-refractivity contribution in [3.05, 3.63) is 0 Å². The number of amides is 2. The minimum Gasteiger partial charge on any atom is -0.353 e. The van der Waals surface area contributed by atoms with Crippen LogP contribution in [0.2, 0.25) is 0 Å². The summed E-state index contributed by atoms with van der Waals surface area (Å²) >= 11 is 1.57. The number of hydrogen-bond acceptors (Lipinski definition) is 5. The summed E-state index contributed by atoms with van der Waals surface area (Å²) in [6.45, 7) is 0.101. The number of nitrogens with one attached hydrogen (secondary N) is 1. The average Bonchev–Trinajstić information content (AvgIpc) is 3.07. The summed E-state index contributed by atoms with van der Waals surface area (Å²) in [5.74, 6) is 0.975. The van der Waals surface area contributed by atoms with Crippen molar-refractivity contribution in [2.75, 3.05) is 30.2 Å². The van der Waals surface area contributed by atoms with Crippen LogP contribution in [0.15, 0.2) is 0 Å².